The number of carbonyl (C=O) groups is 1. The lowest BCUT2D eigenvalue weighted by molar-refractivity contribution is -0.130. The molecule has 1 aromatic heterocycles. The van der Waals surface area contributed by atoms with Crippen molar-refractivity contribution in [2.24, 2.45) is 0 Å². The van der Waals surface area contributed by atoms with E-state index in [2.05, 4.69) is 10.3 Å². The fourth-order valence-corrected chi connectivity index (χ4v) is 2.51. The molecule has 2 heterocycles. The van der Waals surface area contributed by atoms with Crippen molar-refractivity contribution in [1.29, 1.82) is 0 Å². The van der Waals surface area contributed by atoms with Gasteiger partial charge < -0.3 is 14.8 Å². The van der Waals surface area contributed by atoms with Crippen molar-refractivity contribution in [1.82, 2.24) is 10.3 Å². The summed E-state index contributed by atoms with van der Waals surface area (Å²) in [4.78, 5) is 16.3. The van der Waals surface area contributed by atoms with E-state index in [4.69, 9.17) is 21.1 Å². The van der Waals surface area contributed by atoms with Gasteiger partial charge in [0, 0.05) is 0 Å². The summed E-state index contributed by atoms with van der Waals surface area (Å²) in [6, 6.07) is 10.9. The van der Waals surface area contributed by atoms with E-state index in [0.717, 1.165) is 5.56 Å². The Kier molecular flexibility index (Phi) is 4.15. The fraction of sp³-hybridized carbons (Fsp3) is 0.250. The number of nitrogens with one attached hydrogen (secondary N) is 1. The number of benzene rings is 1. The van der Waals surface area contributed by atoms with Crippen molar-refractivity contribution in [3.05, 3.63) is 52.8 Å². The van der Waals surface area contributed by atoms with Gasteiger partial charge in [-0.05, 0) is 36.8 Å². The Morgan fingerprint density at radius 3 is 2.91 bits per heavy atom. The van der Waals surface area contributed by atoms with Crippen molar-refractivity contribution in [3.63, 3.8) is 0 Å². The monoisotopic (exact) mass is 318 g/mol. The average molecular weight is 319 g/mol. The molecule has 22 heavy (non-hydrogen) atoms. The fourth-order valence-electron chi connectivity index (χ4n) is 2.22. The van der Waals surface area contributed by atoms with Crippen LogP contribution in [-0.2, 0) is 11.3 Å². The van der Waals surface area contributed by atoms with Crippen LogP contribution in [0.3, 0.4) is 0 Å². The van der Waals surface area contributed by atoms with Crippen LogP contribution < -0.4 is 14.8 Å². The van der Waals surface area contributed by atoms with E-state index in [-0.39, 0.29) is 12.5 Å². The molecule has 0 spiro atoms. The minimum atomic E-state index is -0.671. The van der Waals surface area contributed by atoms with Crippen LogP contribution >= 0.6 is 11.6 Å². The summed E-state index contributed by atoms with van der Waals surface area (Å²) in [6.45, 7) is 2.40. The molecule has 5 nitrogen and oxygen atoms in total. The molecule has 0 saturated carbocycles. The molecule has 2 aromatic rings. The topological polar surface area (TPSA) is 60.5 Å². The van der Waals surface area contributed by atoms with Gasteiger partial charge in [-0.25, -0.2) is 4.98 Å². The molecule has 0 aliphatic carbocycles. The third kappa shape index (κ3) is 3.31. The standard InChI is InChI=1S/C16H15ClN2O3/c1-10-6-11(19-15(17)7-10)8-18-16(20)14-9-21-12-4-2-3-5-13(12)22-14/h2-7,14H,8-9H2,1H3,(H,18,20)/t14-/m0/s1. The Hall–Kier alpha value is -2.27. The van der Waals surface area contributed by atoms with E-state index in [0.29, 0.717) is 28.9 Å². The number of rotatable bonds is 3. The van der Waals surface area contributed by atoms with E-state index >= 15 is 0 Å². The van der Waals surface area contributed by atoms with Crippen LogP contribution in [0.5, 0.6) is 11.5 Å². The van der Waals surface area contributed by atoms with Gasteiger partial charge in [0.1, 0.15) is 11.8 Å². The van der Waals surface area contributed by atoms with Crippen LogP contribution in [0.2, 0.25) is 5.15 Å². The third-order valence-corrected chi connectivity index (χ3v) is 3.43. The van der Waals surface area contributed by atoms with E-state index < -0.39 is 6.10 Å². The minimum absolute atomic E-state index is 0.185. The maximum atomic E-state index is 12.2. The predicted molar refractivity (Wildman–Crippen MR) is 82.2 cm³/mol. The summed E-state index contributed by atoms with van der Waals surface area (Å²) in [5.74, 6) is 0.984. The molecule has 3 rings (SSSR count). The van der Waals surface area contributed by atoms with Gasteiger partial charge in [-0.1, -0.05) is 23.7 Å². The highest BCUT2D eigenvalue weighted by atomic mass is 35.5. The van der Waals surface area contributed by atoms with Crippen LogP contribution in [0, 0.1) is 6.92 Å². The molecule has 1 N–H and O–H groups in total. The summed E-state index contributed by atoms with van der Waals surface area (Å²) >= 11 is 5.90. The second kappa shape index (κ2) is 6.23. The lowest BCUT2D eigenvalue weighted by Crippen LogP contribution is -2.43. The van der Waals surface area contributed by atoms with Gasteiger partial charge in [-0.2, -0.15) is 0 Å². The smallest absolute Gasteiger partial charge is 0.265 e. The van der Waals surface area contributed by atoms with Crippen molar-refractivity contribution >= 4 is 17.5 Å². The number of para-hydroxylation sites is 2. The molecule has 6 heteroatoms. The molecule has 0 saturated heterocycles. The Morgan fingerprint density at radius 2 is 2.14 bits per heavy atom. The number of amides is 1. The number of fused-ring (bicyclic) bond motifs is 1. The summed E-state index contributed by atoms with van der Waals surface area (Å²) in [7, 11) is 0. The molecule has 1 amide bonds. The summed E-state index contributed by atoms with van der Waals surface area (Å²) in [5, 5.41) is 3.20. The van der Waals surface area contributed by atoms with Crippen LogP contribution in [-0.4, -0.2) is 23.6 Å². The largest absolute Gasteiger partial charge is 0.485 e. The first kappa shape index (κ1) is 14.7. The number of nitrogens with zero attached hydrogens (tertiary/aromatic N) is 1. The number of ether oxygens (including phenoxy) is 2. The van der Waals surface area contributed by atoms with Gasteiger partial charge in [0.05, 0.1) is 12.2 Å². The van der Waals surface area contributed by atoms with Gasteiger partial charge >= 0.3 is 0 Å². The van der Waals surface area contributed by atoms with Gasteiger partial charge in [-0.15, -0.1) is 0 Å². The Labute approximate surface area is 133 Å². The van der Waals surface area contributed by atoms with Crippen molar-refractivity contribution in [2.75, 3.05) is 6.61 Å². The molecule has 1 aromatic carbocycles. The van der Waals surface area contributed by atoms with Crippen molar-refractivity contribution in [3.8, 4) is 11.5 Å². The molecular weight excluding hydrogens is 304 g/mol. The minimum Gasteiger partial charge on any atom is -0.485 e. The molecule has 0 fully saturated rings. The summed E-state index contributed by atoms with van der Waals surface area (Å²) in [6.07, 6.45) is -0.671. The average Bonchev–Trinajstić information content (AvgIpc) is 2.51. The van der Waals surface area contributed by atoms with Crippen molar-refractivity contribution < 1.29 is 14.3 Å². The van der Waals surface area contributed by atoms with E-state index in [1.165, 1.54) is 0 Å². The number of halogens is 1. The molecule has 1 aliphatic rings. The number of aryl methyl sites for hydroxylation is 1. The first-order valence-electron chi connectivity index (χ1n) is 6.91. The zero-order valence-electron chi connectivity index (χ0n) is 12.0. The molecule has 0 radical (unpaired) electrons. The van der Waals surface area contributed by atoms with E-state index in [1.54, 1.807) is 12.1 Å². The molecule has 1 atom stereocenters. The van der Waals surface area contributed by atoms with Crippen LogP contribution in [0.4, 0.5) is 0 Å². The van der Waals surface area contributed by atoms with E-state index in [9.17, 15) is 4.79 Å². The van der Waals surface area contributed by atoms with Crippen LogP contribution in [0.25, 0.3) is 0 Å². The molecule has 0 bridgehead atoms. The number of hydrogen-bond donors (Lipinski definition) is 1. The lowest BCUT2D eigenvalue weighted by Gasteiger charge is -2.25. The first-order valence-corrected chi connectivity index (χ1v) is 7.29. The molecular formula is C16H15ClN2O3. The Morgan fingerprint density at radius 1 is 1.36 bits per heavy atom. The SMILES string of the molecule is Cc1cc(Cl)nc(CNC(=O)[C@@H]2COc3ccccc3O2)c1. The second-order valence-corrected chi connectivity index (χ2v) is 5.43. The van der Waals surface area contributed by atoms with Gasteiger partial charge in [0.25, 0.3) is 5.91 Å². The third-order valence-electron chi connectivity index (χ3n) is 3.24. The number of hydrogen-bond acceptors (Lipinski definition) is 4. The number of carbonyl (C=O) groups excluding carboxylic acids is 1. The molecule has 1 aliphatic heterocycles. The zero-order chi connectivity index (χ0) is 15.5. The van der Waals surface area contributed by atoms with Crippen LogP contribution in [0.1, 0.15) is 11.3 Å². The second-order valence-electron chi connectivity index (χ2n) is 5.04. The number of aromatic nitrogens is 1. The zero-order valence-corrected chi connectivity index (χ0v) is 12.8. The Bertz CT molecular complexity index is 685. The van der Waals surface area contributed by atoms with Crippen LogP contribution in [0.15, 0.2) is 36.4 Å². The normalized spacial score (nSPS) is 16.2. The summed E-state index contributed by atoms with van der Waals surface area (Å²) < 4.78 is 11.2. The number of pyridine rings is 1. The van der Waals surface area contributed by atoms with Crippen molar-refractivity contribution in [2.45, 2.75) is 19.6 Å². The maximum Gasteiger partial charge on any atom is 0.265 e. The highest BCUT2D eigenvalue weighted by Gasteiger charge is 2.27. The molecule has 114 valence electrons. The van der Waals surface area contributed by atoms with Gasteiger partial charge in [0.15, 0.2) is 11.5 Å². The lowest BCUT2D eigenvalue weighted by atomic mass is 10.2. The molecule has 0 unspecified atom stereocenters. The maximum absolute atomic E-state index is 12.2. The Balaban J connectivity index is 1.61. The van der Waals surface area contributed by atoms with Gasteiger partial charge in [-0.3, -0.25) is 4.79 Å². The summed E-state index contributed by atoms with van der Waals surface area (Å²) in [5.41, 5.74) is 1.70. The highest BCUT2D eigenvalue weighted by Crippen LogP contribution is 2.30. The van der Waals surface area contributed by atoms with E-state index in [1.807, 2.05) is 31.2 Å². The van der Waals surface area contributed by atoms with Gasteiger partial charge in [0.2, 0.25) is 6.10 Å². The quantitative estimate of drug-likeness (QED) is 0.883. The highest BCUT2D eigenvalue weighted by molar-refractivity contribution is 6.29. The predicted octanol–water partition coefficient (Wildman–Crippen LogP) is 2.50. The first-order chi connectivity index (χ1) is 10.6.